The Hall–Kier alpha value is -2.74. The largest absolute Gasteiger partial charge is 0.434 e. The van der Waals surface area contributed by atoms with Crippen LogP contribution in [0.2, 0.25) is 0 Å². The Morgan fingerprint density at radius 1 is 1.12 bits per heavy atom. The number of amides is 1. The van der Waals surface area contributed by atoms with Gasteiger partial charge in [-0.1, -0.05) is 54.2 Å². The molecule has 25 heavy (non-hydrogen) atoms. The molecule has 0 saturated carbocycles. The van der Waals surface area contributed by atoms with Crippen LogP contribution in [-0.4, -0.2) is 23.9 Å². The van der Waals surface area contributed by atoms with Gasteiger partial charge in [0.15, 0.2) is 5.17 Å². The molecule has 1 heterocycles. The number of benzene rings is 2. The van der Waals surface area contributed by atoms with Crippen molar-refractivity contribution in [3.8, 4) is 5.75 Å². The lowest BCUT2D eigenvalue weighted by molar-refractivity contribution is -0.118. The highest BCUT2D eigenvalue weighted by atomic mass is 32.2. The number of ether oxygens (including phenoxy) is 1. The lowest BCUT2D eigenvalue weighted by Gasteiger charge is -2.06. The minimum absolute atomic E-state index is 0.00622. The molecule has 0 spiro atoms. The van der Waals surface area contributed by atoms with Crippen LogP contribution < -0.4 is 10.1 Å². The molecule has 1 saturated heterocycles. The first-order valence-corrected chi connectivity index (χ1v) is 8.19. The van der Waals surface area contributed by atoms with Crippen molar-refractivity contribution in [1.29, 1.82) is 0 Å². The Labute approximate surface area is 146 Å². The average Bonchev–Trinajstić information content (AvgIpc) is 2.97. The third-order valence-electron chi connectivity index (χ3n) is 3.28. The fraction of sp³-hybridized carbons (Fsp3) is 0.118. The molecular formula is C17H13F2N3O2S. The van der Waals surface area contributed by atoms with Crippen LogP contribution in [0.1, 0.15) is 16.4 Å². The van der Waals surface area contributed by atoms with Crippen LogP contribution in [0, 0.1) is 0 Å². The number of amidine groups is 1. The van der Waals surface area contributed by atoms with E-state index in [1.807, 2.05) is 30.3 Å². The monoisotopic (exact) mass is 361 g/mol. The van der Waals surface area contributed by atoms with E-state index in [2.05, 4.69) is 20.3 Å². The SMILES string of the molecule is O=C1NC(=N/N=C\c2ccccc2OC(F)F)S[C@H]1c1ccccc1. The summed E-state index contributed by atoms with van der Waals surface area (Å²) < 4.78 is 29.2. The molecule has 0 radical (unpaired) electrons. The van der Waals surface area contributed by atoms with Gasteiger partial charge in [0.05, 0.1) is 6.21 Å². The van der Waals surface area contributed by atoms with Crippen LogP contribution in [0.25, 0.3) is 0 Å². The van der Waals surface area contributed by atoms with Gasteiger partial charge in [-0.05, 0) is 17.7 Å². The lowest BCUT2D eigenvalue weighted by atomic mass is 10.1. The van der Waals surface area contributed by atoms with Crippen LogP contribution in [0.15, 0.2) is 64.8 Å². The molecule has 0 unspecified atom stereocenters. The summed E-state index contributed by atoms with van der Waals surface area (Å²) in [6.45, 7) is -2.92. The Morgan fingerprint density at radius 2 is 1.84 bits per heavy atom. The quantitative estimate of drug-likeness (QED) is 0.654. The van der Waals surface area contributed by atoms with E-state index >= 15 is 0 Å². The second-order valence-corrected chi connectivity index (χ2v) is 6.06. The van der Waals surface area contributed by atoms with Crippen LogP contribution >= 0.6 is 11.8 Å². The second-order valence-electron chi connectivity index (χ2n) is 4.96. The number of rotatable bonds is 5. The fourth-order valence-corrected chi connectivity index (χ4v) is 3.13. The van der Waals surface area contributed by atoms with E-state index in [0.29, 0.717) is 10.7 Å². The number of nitrogens with one attached hydrogen (secondary N) is 1. The molecule has 1 N–H and O–H groups in total. The number of carbonyl (C=O) groups is 1. The summed E-state index contributed by atoms with van der Waals surface area (Å²) in [6.07, 6.45) is 1.30. The maximum absolute atomic E-state index is 12.4. The van der Waals surface area contributed by atoms with E-state index < -0.39 is 6.61 Å². The van der Waals surface area contributed by atoms with Crippen LogP contribution in [0.3, 0.4) is 0 Å². The number of halogens is 2. The van der Waals surface area contributed by atoms with Crippen molar-refractivity contribution < 1.29 is 18.3 Å². The highest BCUT2D eigenvalue weighted by molar-refractivity contribution is 8.15. The summed E-state index contributed by atoms with van der Waals surface area (Å²) in [4.78, 5) is 12.0. The number of para-hydroxylation sites is 1. The van der Waals surface area contributed by atoms with Gasteiger partial charge in [-0.15, -0.1) is 5.10 Å². The second kappa shape index (κ2) is 7.89. The molecule has 1 atom stereocenters. The van der Waals surface area contributed by atoms with E-state index in [1.165, 1.54) is 24.0 Å². The van der Waals surface area contributed by atoms with Gasteiger partial charge < -0.3 is 10.1 Å². The van der Waals surface area contributed by atoms with E-state index in [-0.39, 0.29) is 16.9 Å². The van der Waals surface area contributed by atoms with Gasteiger partial charge in [0.25, 0.3) is 0 Å². The first kappa shape index (κ1) is 17.1. The van der Waals surface area contributed by atoms with Gasteiger partial charge in [0, 0.05) is 5.56 Å². The Kier molecular flexibility index (Phi) is 5.39. The van der Waals surface area contributed by atoms with E-state index in [9.17, 15) is 13.6 Å². The Bertz CT molecular complexity index is 813. The highest BCUT2D eigenvalue weighted by Crippen LogP contribution is 2.34. The van der Waals surface area contributed by atoms with Crippen molar-refractivity contribution >= 4 is 29.1 Å². The van der Waals surface area contributed by atoms with Crippen molar-refractivity contribution in [2.75, 3.05) is 0 Å². The predicted octanol–water partition coefficient (Wildman–Crippen LogP) is 3.58. The van der Waals surface area contributed by atoms with E-state index in [1.54, 1.807) is 18.2 Å². The summed E-state index contributed by atoms with van der Waals surface area (Å²) in [5.41, 5.74) is 1.23. The number of carbonyl (C=O) groups excluding carboxylic acids is 1. The minimum Gasteiger partial charge on any atom is -0.434 e. The molecule has 128 valence electrons. The molecule has 1 aliphatic rings. The van der Waals surface area contributed by atoms with Crippen molar-refractivity contribution in [3.63, 3.8) is 0 Å². The number of thioether (sulfide) groups is 1. The third-order valence-corrected chi connectivity index (χ3v) is 4.41. The van der Waals surface area contributed by atoms with Crippen LogP contribution in [0.4, 0.5) is 8.78 Å². The van der Waals surface area contributed by atoms with Gasteiger partial charge >= 0.3 is 6.61 Å². The van der Waals surface area contributed by atoms with Crippen LogP contribution in [0.5, 0.6) is 5.75 Å². The smallest absolute Gasteiger partial charge is 0.387 e. The molecule has 1 amide bonds. The normalized spacial score (nSPS) is 18.9. The number of nitrogens with zero attached hydrogens (tertiary/aromatic N) is 2. The lowest BCUT2D eigenvalue weighted by Crippen LogP contribution is -2.21. The highest BCUT2D eigenvalue weighted by Gasteiger charge is 2.31. The van der Waals surface area contributed by atoms with Gasteiger partial charge in [0.1, 0.15) is 11.0 Å². The van der Waals surface area contributed by atoms with Gasteiger partial charge in [-0.25, -0.2) is 0 Å². The van der Waals surface area contributed by atoms with Crippen molar-refractivity contribution in [2.24, 2.45) is 10.2 Å². The minimum atomic E-state index is -2.92. The third kappa shape index (κ3) is 4.42. The standard InChI is InChI=1S/C17H13F2N3O2S/c18-16(19)24-13-9-5-4-8-12(13)10-20-22-17-21-15(23)14(25-17)11-6-2-1-3-7-11/h1-10,14,16H,(H,21,22,23)/b20-10-/t14-/m0/s1. The molecule has 1 fully saturated rings. The average molecular weight is 361 g/mol. The summed E-state index contributed by atoms with van der Waals surface area (Å²) in [5, 5.41) is 10.4. The molecule has 5 nitrogen and oxygen atoms in total. The Morgan fingerprint density at radius 3 is 2.60 bits per heavy atom. The van der Waals surface area contributed by atoms with E-state index in [4.69, 9.17) is 0 Å². The Balaban J connectivity index is 1.71. The van der Waals surface area contributed by atoms with E-state index in [0.717, 1.165) is 5.56 Å². The molecule has 3 rings (SSSR count). The summed E-state index contributed by atoms with van der Waals surface area (Å²) in [6, 6.07) is 15.6. The number of alkyl halides is 2. The topological polar surface area (TPSA) is 63.0 Å². The maximum atomic E-state index is 12.4. The molecule has 8 heteroatoms. The fourth-order valence-electron chi connectivity index (χ4n) is 2.20. The van der Waals surface area contributed by atoms with Crippen molar-refractivity contribution in [2.45, 2.75) is 11.9 Å². The van der Waals surface area contributed by atoms with Gasteiger partial charge in [0.2, 0.25) is 5.91 Å². The summed E-state index contributed by atoms with van der Waals surface area (Å²) in [7, 11) is 0. The molecule has 0 aliphatic carbocycles. The first-order valence-electron chi connectivity index (χ1n) is 7.31. The zero-order chi connectivity index (χ0) is 17.6. The maximum Gasteiger partial charge on any atom is 0.387 e. The molecule has 2 aromatic rings. The van der Waals surface area contributed by atoms with Crippen molar-refractivity contribution in [1.82, 2.24) is 5.32 Å². The molecular weight excluding hydrogens is 348 g/mol. The number of hydrogen-bond donors (Lipinski definition) is 1. The zero-order valence-corrected chi connectivity index (χ0v) is 13.6. The molecule has 1 aliphatic heterocycles. The van der Waals surface area contributed by atoms with Gasteiger partial charge in [-0.2, -0.15) is 13.9 Å². The van der Waals surface area contributed by atoms with Gasteiger partial charge in [-0.3, -0.25) is 4.79 Å². The molecule has 0 bridgehead atoms. The summed E-state index contributed by atoms with van der Waals surface area (Å²) in [5.74, 6) is -0.168. The predicted molar refractivity (Wildman–Crippen MR) is 93.0 cm³/mol. The number of hydrogen-bond acceptors (Lipinski definition) is 5. The van der Waals surface area contributed by atoms with Crippen molar-refractivity contribution in [3.05, 3.63) is 65.7 Å². The molecule has 2 aromatic carbocycles. The first-order chi connectivity index (χ1) is 12.1. The zero-order valence-electron chi connectivity index (χ0n) is 12.8. The van der Waals surface area contributed by atoms with Crippen LogP contribution in [-0.2, 0) is 4.79 Å². The summed E-state index contributed by atoms with van der Waals surface area (Å²) >= 11 is 1.25. The molecule has 0 aromatic heterocycles.